The lowest BCUT2D eigenvalue weighted by Crippen LogP contribution is -2.11. The van der Waals surface area contributed by atoms with Crippen LogP contribution in [0.25, 0.3) is 22.8 Å². The van der Waals surface area contributed by atoms with Gasteiger partial charge in [-0.3, -0.25) is 4.72 Å². The Morgan fingerprint density at radius 2 is 1.80 bits per heavy atom. The number of nitrogens with one attached hydrogen (secondary N) is 1. The molecule has 0 atom stereocenters. The van der Waals surface area contributed by atoms with E-state index in [1.807, 2.05) is 0 Å². The van der Waals surface area contributed by atoms with Gasteiger partial charge in [-0.1, -0.05) is 17.3 Å². The number of para-hydroxylation sites is 1. The van der Waals surface area contributed by atoms with Crippen molar-refractivity contribution in [3.63, 3.8) is 0 Å². The van der Waals surface area contributed by atoms with Gasteiger partial charge < -0.3 is 14.0 Å². The number of rotatable bonds is 7. The summed E-state index contributed by atoms with van der Waals surface area (Å²) in [5.74, 6) is 1.69. The molecule has 0 aliphatic carbocycles. The normalized spacial score (nSPS) is 11.3. The molecule has 0 spiro atoms. The first-order valence-electron chi connectivity index (χ1n) is 8.73. The number of aromatic nitrogens is 2. The summed E-state index contributed by atoms with van der Waals surface area (Å²) in [7, 11) is -0.514. The molecule has 1 N–H and O–H groups in total. The molecule has 0 radical (unpaired) electrons. The van der Waals surface area contributed by atoms with E-state index in [-0.39, 0.29) is 10.1 Å². The molecule has 0 amide bonds. The molecule has 2 aromatic heterocycles. The fourth-order valence-corrected chi connectivity index (χ4v) is 4.87. The number of thiophene rings is 1. The van der Waals surface area contributed by atoms with Crippen LogP contribution in [-0.2, 0) is 10.0 Å². The van der Waals surface area contributed by atoms with Crippen LogP contribution in [0.1, 0.15) is 0 Å². The van der Waals surface area contributed by atoms with E-state index in [1.54, 1.807) is 67.1 Å². The van der Waals surface area contributed by atoms with Crippen LogP contribution >= 0.6 is 11.3 Å². The maximum atomic E-state index is 12.3. The Bertz CT molecular complexity index is 1250. The molecular weight excluding hydrogens is 426 g/mol. The van der Waals surface area contributed by atoms with Gasteiger partial charge >= 0.3 is 0 Å². The number of anilines is 1. The molecule has 30 heavy (non-hydrogen) atoms. The summed E-state index contributed by atoms with van der Waals surface area (Å²) in [6, 6.07) is 15.3. The molecule has 2 aromatic carbocycles. The highest BCUT2D eigenvalue weighted by molar-refractivity contribution is 7.94. The Balaban J connectivity index is 1.58. The third-order valence-electron chi connectivity index (χ3n) is 4.21. The summed E-state index contributed by atoms with van der Waals surface area (Å²) in [4.78, 5) is 4.43. The van der Waals surface area contributed by atoms with E-state index in [9.17, 15) is 8.42 Å². The van der Waals surface area contributed by atoms with Crippen molar-refractivity contribution in [1.82, 2.24) is 10.1 Å². The number of methoxy groups -OCH3 is 2. The largest absolute Gasteiger partial charge is 0.493 e. The average molecular weight is 444 g/mol. The number of ether oxygens (including phenoxy) is 2. The number of benzene rings is 2. The summed E-state index contributed by atoms with van der Waals surface area (Å²) in [6.45, 7) is 0. The van der Waals surface area contributed by atoms with Gasteiger partial charge in [0.15, 0.2) is 11.5 Å². The van der Waals surface area contributed by atoms with Gasteiger partial charge in [0.1, 0.15) is 4.21 Å². The fourth-order valence-electron chi connectivity index (χ4n) is 2.81. The standard InChI is InChI=1S/C20H17N3O5S2/c1-26-16-6-3-5-15(18(16)27-2)20-21-19(22-28-20)13-8-10-14(11-9-13)23-30(24,25)17-7-4-12-29-17/h3-12,23H,1-2H3. The van der Waals surface area contributed by atoms with E-state index >= 15 is 0 Å². The minimum absolute atomic E-state index is 0.252. The molecule has 0 aliphatic heterocycles. The Kier molecular flexibility index (Phi) is 5.42. The lowest BCUT2D eigenvalue weighted by atomic mass is 10.1. The van der Waals surface area contributed by atoms with Gasteiger partial charge in [-0.15, -0.1) is 11.3 Å². The van der Waals surface area contributed by atoms with E-state index in [2.05, 4.69) is 14.9 Å². The zero-order valence-corrected chi connectivity index (χ0v) is 17.7. The van der Waals surface area contributed by atoms with Crippen molar-refractivity contribution in [2.75, 3.05) is 18.9 Å². The Hall–Kier alpha value is -3.37. The first kappa shape index (κ1) is 19.9. The van der Waals surface area contributed by atoms with Gasteiger partial charge in [-0.2, -0.15) is 4.98 Å². The molecule has 4 rings (SSSR count). The number of sulfonamides is 1. The second-order valence-corrected chi connectivity index (χ2v) is 8.94. The fraction of sp³-hybridized carbons (Fsp3) is 0.100. The summed E-state index contributed by atoms with van der Waals surface area (Å²) >= 11 is 1.15. The molecule has 4 aromatic rings. The highest BCUT2D eigenvalue weighted by Crippen LogP contribution is 2.37. The molecule has 0 unspecified atom stereocenters. The predicted octanol–water partition coefficient (Wildman–Crippen LogP) is 4.28. The van der Waals surface area contributed by atoms with Crippen molar-refractivity contribution >= 4 is 27.0 Å². The number of hydrogen-bond donors (Lipinski definition) is 1. The molecule has 0 bridgehead atoms. The summed E-state index contributed by atoms with van der Waals surface area (Å²) in [5, 5.41) is 5.73. The number of hydrogen-bond acceptors (Lipinski definition) is 8. The van der Waals surface area contributed by atoms with E-state index in [1.165, 1.54) is 7.11 Å². The molecule has 10 heteroatoms. The summed E-state index contributed by atoms with van der Waals surface area (Å²) in [5.41, 5.74) is 1.71. The van der Waals surface area contributed by atoms with Crippen LogP contribution in [0.4, 0.5) is 5.69 Å². The maximum Gasteiger partial charge on any atom is 0.271 e. The van der Waals surface area contributed by atoms with E-state index in [4.69, 9.17) is 14.0 Å². The van der Waals surface area contributed by atoms with Gasteiger partial charge in [0.2, 0.25) is 5.82 Å². The average Bonchev–Trinajstić information content (AvgIpc) is 3.46. The Morgan fingerprint density at radius 3 is 2.47 bits per heavy atom. The molecule has 0 saturated heterocycles. The second kappa shape index (κ2) is 8.17. The van der Waals surface area contributed by atoms with E-state index in [0.29, 0.717) is 34.1 Å². The lowest BCUT2D eigenvalue weighted by Gasteiger charge is -2.09. The van der Waals surface area contributed by atoms with Crippen molar-refractivity contribution in [2.24, 2.45) is 0 Å². The van der Waals surface area contributed by atoms with Crippen LogP contribution < -0.4 is 14.2 Å². The SMILES string of the molecule is COc1cccc(-c2nc(-c3ccc(NS(=O)(=O)c4cccs4)cc3)no2)c1OC. The van der Waals surface area contributed by atoms with E-state index in [0.717, 1.165) is 11.3 Å². The van der Waals surface area contributed by atoms with Crippen molar-refractivity contribution in [3.8, 4) is 34.3 Å². The molecule has 0 fully saturated rings. The van der Waals surface area contributed by atoms with Crippen LogP contribution in [0.2, 0.25) is 0 Å². The quantitative estimate of drug-likeness (QED) is 0.454. The van der Waals surface area contributed by atoms with Gasteiger partial charge in [-0.05, 0) is 47.8 Å². The Morgan fingerprint density at radius 1 is 1.00 bits per heavy atom. The summed E-state index contributed by atoms with van der Waals surface area (Å²) in [6.07, 6.45) is 0. The molecule has 0 aliphatic rings. The topological polar surface area (TPSA) is 104 Å². The maximum absolute atomic E-state index is 12.3. The van der Waals surface area contributed by atoms with Gasteiger partial charge in [0.05, 0.1) is 19.8 Å². The molecule has 0 saturated carbocycles. The molecular formula is C20H17N3O5S2. The van der Waals surface area contributed by atoms with Gasteiger partial charge in [0.25, 0.3) is 15.9 Å². The van der Waals surface area contributed by atoms with Crippen LogP contribution in [0.5, 0.6) is 11.5 Å². The highest BCUT2D eigenvalue weighted by atomic mass is 32.2. The first-order valence-corrected chi connectivity index (χ1v) is 11.1. The minimum Gasteiger partial charge on any atom is -0.493 e. The lowest BCUT2D eigenvalue weighted by molar-refractivity contribution is 0.353. The van der Waals surface area contributed by atoms with Crippen LogP contribution in [0, 0.1) is 0 Å². The van der Waals surface area contributed by atoms with Crippen LogP contribution in [0.15, 0.2) is 68.7 Å². The number of nitrogens with zero attached hydrogens (tertiary/aromatic N) is 2. The predicted molar refractivity (Wildman–Crippen MR) is 113 cm³/mol. The zero-order valence-electron chi connectivity index (χ0n) is 16.0. The minimum atomic E-state index is -3.60. The molecule has 8 nitrogen and oxygen atoms in total. The zero-order chi connectivity index (χ0) is 21.1. The smallest absolute Gasteiger partial charge is 0.271 e. The second-order valence-electron chi connectivity index (χ2n) is 6.08. The van der Waals surface area contributed by atoms with Crippen molar-refractivity contribution in [1.29, 1.82) is 0 Å². The third kappa shape index (κ3) is 3.87. The van der Waals surface area contributed by atoms with Crippen LogP contribution in [0.3, 0.4) is 0 Å². The van der Waals surface area contributed by atoms with Gasteiger partial charge in [0, 0.05) is 11.3 Å². The highest BCUT2D eigenvalue weighted by Gasteiger charge is 2.19. The molecule has 2 heterocycles. The Labute approximate surface area is 177 Å². The third-order valence-corrected chi connectivity index (χ3v) is 6.99. The van der Waals surface area contributed by atoms with Crippen LogP contribution in [-0.4, -0.2) is 32.8 Å². The van der Waals surface area contributed by atoms with Crippen molar-refractivity contribution in [3.05, 3.63) is 60.0 Å². The van der Waals surface area contributed by atoms with Crippen molar-refractivity contribution < 1.29 is 22.4 Å². The van der Waals surface area contributed by atoms with Crippen molar-refractivity contribution in [2.45, 2.75) is 4.21 Å². The monoisotopic (exact) mass is 443 g/mol. The summed E-state index contributed by atoms with van der Waals surface area (Å²) < 4.78 is 43.6. The van der Waals surface area contributed by atoms with E-state index < -0.39 is 10.0 Å². The first-order chi connectivity index (χ1) is 14.5. The molecule has 154 valence electrons. The van der Waals surface area contributed by atoms with Gasteiger partial charge in [-0.25, -0.2) is 8.42 Å².